The number of benzene rings is 2. The first-order chi connectivity index (χ1) is 11.1. The monoisotopic (exact) mass is 307 g/mol. The van der Waals surface area contributed by atoms with E-state index in [1.807, 2.05) is 38.1 Å². The molecule has 0 aromatic heterocycles. The Bertz CT molecular complexity index is 678. The maximum absolute atomic E-state index is 12.8. The summed E-state index contributed by atoms with van der Waals surface area (Å²) in [7, 11) is 0. The van der Waals surface area contributed by atoms with Gasteiger partial charge in [-0.2, -0.15) is 0 Å². The maximum Gasteiger partial charge on any atom is 0.193 e. The van der Waals surface area contributed by atoms with E-state index in [1.165, 1.54) is 37.9 Å². The molecule has 0 aliphatic carbocycles. The molecule has 2 aromatic rings. The third-order valence-corrected chi connectivity index (χ3v) is 4.53. The van der Waals surface area contributed by atoms with Crippen molar-refractivity contribution in [2.24, 2.45) is 0 Å². The Hall–Kier alpha value is -1.93. The van der Waals surface area contributed by atoms with Crippen LogP contribution in [0, 0.1) is 13.8 Å². The van der Waals surface area contributed by atoms with Gasteiger partial charge in [-0.25, -0.2) is 0 Å². The Labute approximate surface area is 139 Å². The molecule has 0 atom stereocenters. The lowest BCUT2D eigenvalue weighted by atomic mass is 9.98. The first-order valence-electron chi connectivity index (χ1n) is 8.56. The second-order valence-electron chi connectivity index (χ2n) is 6.74. The van der Waals surface area contributed by atoms with E-state index in [1.54, 1.807) is 0 Å². The summed E-state index contributed by atoms with van der Waals surface area (Å²) in [5.74, 6) is 0.122. The normalized spacial score (nSPS) is 15.6. The molecule has 1 aliphatic heterocycles. The van der Waals surface area contributed by atoms with E-state index in [9.17, 15) is 4.79 Å². The molecule has 0 spiro atoms. The van der Waals surface area contributed by atoms with E-state index in [-0.39, 0.29) is 5.78 Å². The lowest BCUT2D eigenvalue weighted by Gasteiger charge is -2.26. The van der Waals surface area contributed by atoms with Gasteiger partial charge in [0.25, 0.3) is 0 Å². The Morgan fingerprint density at radius 3 is 2.30 bits per heavy atom. The lowest BCUT2D eigenvalue weighted by molar-refractivity contribution is 0.103. The van der Waals surface area contributed by atoms with Gasteiger partial charge in [-0.3, -0.25) is 9.69 Å². The Morgan fingerprint density at radius 1 is 0.913 bits per heavy atom. The zero-order valence-corrected chi connectivity index (χ0v) is 14.1. The average Bonchev–Trinajstić information content (AvgIpc) is 2.54. The van der Waals surface area contributed by atoms with Crippen LogP contribution in [0.4, 0.5) is 0 Å². The zero-order valence-electron chi connectivity index (χ0n) is 14.1. The molecule has 120 valence electrons. The number of likely N-dealkylation sites (tertiary alicyclic amines) is 1. The second kappa shape index (κ2) is 7.10. The van der Waals surface area contributed by atoms with E-state index in [2.05, 4.69) is 23.1 Å². The van der Waals surface area contributed by atoms with Crippen molar-refractivity contribution in [2.75, 3.05) is 13.1 Å². The number of piperidine rings is 1. The fourth-order valence-corrected chi connectivity index (χ4v) is 3.46. The molecule has 0 amide bonds. The second-order valence-corrected chi connectivity index (χ2v) is 6.74. The largest absolute Gasteiger partial charge is 0.299 e. The lowest BCUT2D eigenvalue weighted by Crippen LogP contribution is -2.29. The molecule has 1 aliphatic rings. The number of aryl methyl sites for hydroxylation is 2. The van der Waals surface area contributed by atoms with Gasteiger partial charge >= 0.3 is 0 Å². The molecule has 2 aromatic carbocycles. The van der Waals surface area contributed by atoms with Crippen LogP contribution in [0.25, 0.3) is 0 Å². The molecule has 0 N–H and O–H groups in total. The standard InChI is InChI=1S/C21H25NO/c1-16-11-17(2)13-20(12-16)21(23)19-8-6-7-18(14-19)15-22-9-4-3-5-10-22/h6-8,11-14H,3-5,9-10,15H2,1-2H3. The fourth-order valence-electron chi connectivity index (χ4n) is 3.46. The van der Waals surface area contributed by atoms with Crippen molar-refractivity contribution in [1.29, 1.82) is 0 Å². The number of hydrogen-bond acceptors (Lipinski definition) is 2. The fraction of sp³-hybridized carbons (Fsp3) is 0.381. The molecule has 2 nitrogen and oxygen atoms in total. The number of rotatable bonds is 4. The minimum Gasteiger partial charge on any atom is -0.299 e. The van der Waals surface area contributed by atoms with E-state index < -0.39 is 0 Å². The van der Waals surface area contributed by atoms with Crippen molar-refractivity contribution in [3.63, 3.8) is 0 Å². The van der Waals surface area contributed by atoms with E-state index >= 15 is 0 Å². The van der Waals surface area contributed by atoms with Gasteiger partial charge in [0.1, 0.15) is 0 Å². The van der Waals surface area contributed by atoms with Crippen molar-refractivity contribution in [3.05, 3.63) is 70.3 Å². The first kappa shape index (κ1) is 15.9. The molecule has 1 fully saturated rings. The molecule has 2 heteroatoms. The van der Waals surface area contributed by atoms with Crippen molar-refractivity contribution in [1.82, 2.24) is 4.90 Å². The number of nitrogens with zero attached hydrogens (tertiary/aromatic N) is 1. The molecule has 23 heavy (non-hydrogen) atoms. The minimum atomic E-state index is 0.122. The van der Waals surface area contributed by atoms with Crippen LogP contribution in [-0.2, 0) is 6.54 Å². The predicted octanol–water partition coefficient (Wildman–Crippen LogP) is 4.52. The van der Waals surface area contributed by atoms with Crippen LogP contribution in [-0.4, -0.2) is 23.8 Å². The van der Waals surface area contributed by atoms with Gasteiger partial charge in [-0.05, 0) is 63.5 Å². The van der Waals surface area contributed by atoms with Gasteiger partial charge in [-0.15, -0.1) is 0 Å². The van der Waals surface area contributed by atoms with E-state index in [0.29, 0.717) is 0 Å². The van der Waals surface area contributed by atoms with Gasteiger partial charge in [0.05, 0.1) is 0 Å². The number of hydrogen-bond donors (Lipinski definition) is 0. The van der Waals surface area contributed by atoms with Crippen molar-refractivity contribution < 1.29 is 4.79 Å². The van der Waals surface area contributed by atoms with Crippen LogP contribution >= 0.6 is 0 Å². The van der Waals surface area contributed by atoms with Gasteiger partial charge in [-0.1, -0.05) is 41.8 Å². The molecule has 0 radical (unpaired) electrons. The van der Waals surface area contributed by atoms with Crippen molar-refractivity contribution in [2.45, 2.75) is 39.7 Å². The third-order valence-electron chi connectivity index (χ3n) is 4.53. The van der Waals surface area contributed by atoms with E-state index in [4.69, 9.17) is 0 Å². The molecule has 0 bridgehead atoms. The summed E-state index contributed by atoms with van der Waals surface area (Å²) in [5.41, 5.74) is 5.10. The van der Waals surface area contributed by atoms with Gasteiger partial charge in [0, 0.05) is 17.7 Å². The topological polar surface area (TPSA) is 20.3 Å². The van der Waals surface area contributed by atoms with E-state index in [0.717, 1.165) is 28.8 Å². The smallest absolute Gasteiger partial charge is 0.193 e. The Morgan fingerprint density at radius 2 is 1.61 bits per heavy atom. The highest BCUT2D eigenvalue weighted by Gasteiger charge is 2.13. The summed E-state index contributed by atoms with van der Waals surface area (Å²) in [6.45, 7) is 7.38. The van der Waals surface area contributed by atoms with Crippen LogP contribution in [0.2, 0.25) is 0 Å². The molecule has 0 saturated carbocycles. The summed E-state index contributed by atoms with van der Waals surface area (Å²) in [4.78, 5) is 15.3. The van der Waals surface area contributed by atoms with Crippen LogP contribution < -0.4 is 0 Å². The number of ketones is 1. The van der Waals surface area contributed by atoms with Gasteiger partial charge in [0.2, 0.25) is 0 Å². The highest BCUT2D eigenvalue weighted by Crippen LogP contribution is 2.17. The van der Waals surface area contributed by atoms with Gasteiger partial charge < -0.3 is 0 Å². The molecular weight excluding hydrogens is 282 g/mol. The summed E-state index contributed by atoms with van der Waals surface area (Å²) in [6.07, 6.45) is 3.93. The highest BCUT2D eigenvalue weighted by molar-refractivity contribution is 6.09. The number of carbonyl (C=O) groups excluding carboxylic acids is 1. The summed E-state index contributed by atoms with van der Waals surface area (Å²) < 4.78 is 0. The maximum atomic E-state index is 12.8. The highest BCUT2D eigenvalue weighted by atomic mass is 16.1. The predicted molar refractivity (Wildman–Crippen MR) is 94.9 cm³/mol. The third kappa shape index (κ3) is 4.08. The van der Waals surface area contributed by atoms with Crippen molar-refractivity contribution in [3.8, 4) is 0 Å². The first-order valence-corrected chi connectivity index (χ1v) is 8.56. The molecule has 3 rings (SSSR count). The zero-order chi connectivity index (χ0) is 16.2. The average molecular weight is 307 g/mol. The van der Waals surface area contributed by atoms with Crippen LogP contribution in [0.3, 0.4) is 0 Å². The summed E-state index contributed by atoms with van der Waals surface area (Å²) >= 11 is 0. The molecule has 0 unspecified atom stereocenters. The Balaban J connectivity index is 1.79. The quantitative estimate of drug-likeness (QED) is 0.774. The van der Waals surface area contributed by atoms with Gasteiger partial charge in [0.15, 0.2) is 5.78 Å². The number of carbonyl (C=O) groups is 1. The summed E-state index contributed by atoms with van der Waals surface area (Å²) in [5, 5.41) is 0. The molecule has 1 heterocycles. The van der Waals surface area contributed by atoms with Crippen LogP contribution in [0.15, 0.2) is 42.5 Å². The SMILES string of the molecule is Cc1cc(C)cc(C(=O)c2cccc(CN3CCCCC3)c2)c1. The van der Waals surface area contributed by atoms with Crippen LogP contribution in [0.1, 0.15) is 51.9 Å². The minimum absolute atomic E-state index is 0.122. The molecule has 1 saturated heterocycles. The Kier molecular flexibility index (Phi) is 4.92. The van der Waals surface area contributed by atoms with Crippen molar-refractivity contribution >= 4 is 5.78 Å². The molecular formula is C21H25NO. The summed E-state index contributed by atoms with van der Waals surface area (Å²) in [6, 6.07) is 14.2. The van der Waals surface area contributed by atoms with Crippen LogP contribution in [0.5, 0.6) is 0 Å².